The molecule has 0 bridgehead atoms. The Hall–Kier alpha value is -4.16. The van der Waals surface area contributed by atoms with Gasteiger partial charge in [0, 0.05) is 17.3 Å². The first kappa shape index (κ1) is 25.9. The lowest BCUT2D eigenvalue weighted by atomic mass is 9.95. The molecule has 0 radical (unpaired) electrons. The fraction of sp³-hybridized carbons (Fsp3) is 0.167. The topological polar surface area (TPSA) is 88.5 Å². The van der Waals surface area contributed by atoms with Gasteiger partial charge in [-0.25, -0.2) is 9.78 Å². The number of fused-ring (bicyclic) bond motifs is 1. The first-order valence-electron chi connectivity index (χ1n) is 11.8. The highest BCUT2D eigenvalue weighted by Crippen LogP contribution is 2.25. The van der Waals surface area contributed by atoms with E-state index in [4.69, 9.17) is 16.3 Å². The summed E-state index contributed by atoms with van der Waals surface area (Å²) in [4.78, 5) is 28.4. The molecular formula is C30H27ClN2O4. The minimum atomic E-state index is -1.01. The number of carboxylic acids is 1. The van der Waals surface area contributed by atoms with Crippen LogP contribution in [-0.2, 0) is 11.2 Å². The van der Waals surface area contributed by atoms with E-state index in [0.717, 1.165) is 27.7 Å². The zero-order valence-electron chi connectivity index (χ0n) is 20.6. The summed E-state index contributed by atoms with van der Waals surface area (Å²) in [6.45, 7) is 1.48. The van der Waals surface area contributed by atoms with E-state index in [2.05, 4.69) is 10.3 Å². The third kappa shape index (κ3) is 6.74. The number of pyridine rings is 1. The quantitative estimate of drug-likeness (QED) is 0.263. The number of rotatable bonds is 9. The molecule has 0 fully saturated rings. The van der Waals surface area contributed by atoms with Gasteiger partial charge in [-0.15, -0.1) is 0 Å². The Morgan fingerprint density at radius 2 is 1.86 bits per heavy atom. The molecule has 1 atom stereocenters. The van der Waals surface area contributed by atoms with E-state index in [1.54, 1.807) is 12.1 Å². The Morgan fingerprint density at radius 1 is 1.05 bits per heavy atom. The molecule has 2 N–H and O–H groups in total. The minimum Gasteiger partial charge on any atom is -0.497 e. The van der Waals surface area contributed by atoms with Crippen molar-refractivity contribution in [3.8, 4) is 5.75 Å². The van der Waals surface area contributed by atoms with E-state index in [9.17, 15) is 14.7 Å². The summed E-state index contributed by atoms with van der Waals surface area (Å²) in [6, 6.07) is 22.2. The molecule has 0 aliphatic carbocycles. The molecule has 1 heterocycles. The number of carboxylic acid groups (broad SMARTS) is 1. The van der Waals surface area contributed by atoms with Crippen LogP contribution in [0.5, 0.6) is 5.75 Å². The first-order chi connectivity index (χ1) is 17.8. The van der Waals surface area contributed by atoms with Gasteiger partial charge < -0.3 is 15.2 Å². The number of amides is 1. The van der Waals surface area contributed by atoms with E-state index in [1.807, 2.05) is 66.7 Å². The van der Waals surface area contributed by atoms with Crippen LogP contribution in [0, 0.1) is 0 Å². The summed E-state index contributed by atoms with van der Waals surface area (Å²) in [5, 5.41) is 14.3. The van der Waals surface area contributed by atoms with Crippen LogP contribution >= 0.6 is 11.6 Å². The molecule has 0 aliphatic heterocycles. The number of nitrogens with zero attached hydrogens (tertiary/aromatic N) is 1. The zero-order chi connectivity index (χ0) is 26.4. The summed E-state index contributed by atoms with van der Waals surface area (Å²) < 4.78 is 5.16. The van der Waals surface area contributed by atoms with Crippen LogP contribution in [0.3, 0.4) is 0 Å². The third-order valence-corrected chi connectivity index (χ3v) is 6.30. The van der Waals surface area contributed by atoms with Gasteiger partial charge in [-0.05, 0) is 72.0 Å². The second-order valence-electron chi connectivity index (χ2n) is 8.70. The van der Waals surface area contributed by atoms with Gasteiger partial charge in [0.1, 0.15) is 5.75 Å². The molecule has 6 nitrogen and oxygen atoms in total. The number of halogens is 1. The maximum atomic E-state index is 12.0. The molecule has 4 rings (SSSR count). The SMILES string of the molecule is COc1ccc(CCC(NC(C)=O)c2cccc(/C=C/c3ccc4ccc(Cl)cc4n3)c2)c(C(=O)O)c1. The minimum absolute atomic E-state index is 0.154. The predicted octanol–water partition coefficient (Wildman–Crippen LogP) is 6.58. The smallest absolute Gasteiger partial charge is 0.336 e. The Kier molecular flexibility index (Phi) is 8.21. The molecule has 4 aromatic rings. The summed E-state index contributed by atoms with van der Waals surface area (Å²) in [5.41, 5.74) is 4.40. The van der Waals surface area contributed by atoms with E-state index >= 15 is 0 Å². The summed E-state index contributed by atoms with van der Waals surface area (Å²) >= 11 is 6.11. The molecule has 0 saturated carbocycles. The molecule has 0 saturated heterocycles. The Labute approximate surface area is 220 Å². The van der Waals surface area contributed by atoms with Gasteiger partial charge in [0.15, 0.2) is 0 Å². The number of hydrogen-bond acceptors (Lipinski definition) is 4. The summed E-state index contributed by atoms with van der Waals surface area (Å²) in [5.74, 6) is -0.678. The van der Waals surface area contributed by atoms with Crippen molar-refractivity contribution in [1.29, 1.82) is 0 Å². The second kappa shape index (κ2) is 11.7. The van der Waals surface area contributed by atoms with Crippen molar-refractivity contribution in [3.05, 3.63) is 106 Å². The largest absolute Gasteiger partial charge is 0.497 e. The number of aryl methyl sites for hydroxylation is 1. The van der Waals surface area contributed by atoms with E-state index in [-0.39, 0.29) is 17.5 Å². The van der Waals surface area contributed by atoms with Gasteiger partial charge >= 0.3 is 5.97 Å². The number of carbonyl (C=O) groups excluding carboxylic acids is 1. The Balaban J connectivity index is 1.55. The monoisotopic (exact) mass is 514 g/mol. The first-order valence-corrected chi connectivity index (χ1v) is 12.2. The molecule has 188 valence electrons. The number of nitrogens with one attached hydrogen (secondary N) is 1. The average Bonchev–Trinajstić information content (AvgIpc) is 2.89. The van der Waals surface area contributed by atoms with Gasteiger partial charge in [-0.1, -0.05) is 54.1 Å². The second-order valence-corrected chi connectivity index (χ2v) is 9.13. The molecule has 1 amide bonds. The lowest BCUT2D eigenvalue weighted by Gasteiger charge is -2.19. The fourth-order valence-electron chi connectivity index (χ4n) is 4.23. The van der Waals surface area contributed by atoms with Crippen LogP contribution in [0.15, 0.2) is 72.8 Å². The van der Waals surface area contributed by atoms with Gasteiger partial charge in [0.05, 0.1) is 29.9 Å². The van der Waals surface area contributed by atoms with Gasteiger partial charge in [0.25, 0.3) is 0 Å². The zero-order valence-corrected chi connectivity index (χ0v) is 21.3. The number of aromatic carboxylic acids is 1. The maximum absolute atomic E-state index is 12.0. The van der Waals surface area contributed by atoms with Crippen LogP contribution in [0.1, 0.15) is 52.1 Å². The van der Waals surface area contributed by atoms with Crippen LogP contribution < -0.4 is 10.1 Å². The molecular weight excluding hydrogens is 488 g/mol. The van der Waals surface area contributed by atoms with Crippen LogP contribution in [0.25, 0.3) is 23.1 Å². The van der Waals surface area contributed by atoms with Crippen LogP contribution in [0.4, 0.5) is 0 Å². The highest BCUT2D eigenvalue weighted by molar-refractivity contribution is 6.31. The predicted molar refractivity (Wildman–Crippen MR) is 147 cm³/mol. The lowest BCUT2D eigenvalue weighted by molar-refractivity contribution is -0.119. The fourth-order valence-corrected chi connectivity index (χ4v) is 4.39. The molecule has 37 heavy (non-hydrogen) atoms. The van der Waals surface area contributed by atoms with Crippen molar-refractivity contribution in [1.82, 2.24) is 10.3 Å². The van der Waals surface area contributed by atoms with Crippen LogP contribution in [0.2, 0.25) is 5.02 Å². The third-order valence-electron chi connectivity index (χ3n) is 6.06. The molecule has 1 unspecified atom stereocenters. The number of aromatic nitrogens is 1. The van der Waals surface area contributed by atoms with Gasteiger partial charge in [-0.3, -0.25) is 4.79 Å². The standard InChI is InChI=1S/C30H27ClN2O4/c1-19(34)32-28(15-10-21-9-14-26(37-2)18-27(21)30(35)36)23-5-3-4-20(16-23)6-12-25-13-8-22-7-11-24(31)17-29(22)33-25/h3-9,11-14,16-18,28H,10,15H2,1-2H3,(H,32,34)(H,35,36)/b12-6+. The molecule has 0 aliphatic rings. The highest BCUT2D eigenvalue weighted by Gasteiger charge is 2.17. The average molecular weight is 515 g/mol. The van der Waals surface area contributed by atoms with E-state index in [1.165, 1.54) is 20.1 Å². The van der Waals surface area contributed by atoms with Crippen molar-refractivity contribution < 1.29 is 19.4 Å². The van der Waals surface area contributed by atoms with Gasteiger partial charge in [0.2, 0.25) is 5.91 Å². The lowest BCUT2D eigenvalue weighted by Crippen LogP contribution is -2.26. The molecule has 3 aromatic carbocycles. The van der Waals surface area contributed by atoms with Gasteiger partial charge in [-0.2, -0.15) is 0 Å². The summed E-state index contributed by atoms with van der Waals surface area (Å²) in [7, 11) is 1.50. The number of carbonyl (C=O) groups is 2. The van der Waals surface area contributed by atoms with Crippen molar-refractivity contribution in [2.75, 3.05) is 7.11 Å². The number of benzene rings is 3. The van der Waals surface area contributed by atoms with Crippen molar-refractivity contribution in [2.45, 2.75) is 25.8 Å². The van der Waals surface area contributed by atoms with Crippen LogP contribution in [-0.4, -0.2) is 29.1 Å². The Bertz CT molecular complexity index is 1480. The number of ether oxygens (including phenoxy) is 1. The number of methoxy groups -OCH3 is 1. The maximum Gasteiger partial charge on any atom is 0.336 e. The summed E-state index contributed by atoms with van der Waals surface area (Å²) in [6.07, 6.45) is 4.91. The van der Waals surface area contributed by atoms with E-state index < -0.39 is 5.97 Å². The molecule has 1 aromatic heterocycles. The van der Waals surface area contributed by atoms with Crippen molar-refractivity contribution >= 4 is 46.5 Å². The normalized spacial score (nSPS) is 12.0. The van der Waals surface area contributed by atoms with E-state index in [0.29, 0.717) is 29.2 Å². The molecule has 7 heteroatoms. The van der Waals surface area contributed by atoms with Crippen molar-refractivity contribution in [3.63, 3.8) is 0 Å². The Morgan fingerprint density at radius 3 is 2.62 bits per heavy atom. The highest BCUT2D eigenvalue weighted by atomic mass is 35.5. The molecule has 0 spiro atoms. The van der Waals surface area contributed by atoms with Crippen molar-refractivity contribution in [2.24, 2.45) is 0 Å². The number of hydrogen-bond donors (Lipinski definition) is 2.